The maximum Gasteiger partial charge on any atom is 0.257 e. The van der Waals surface area contributed by atoms with Crippen molar-refractivity contribution >= 4 is 11.9 Å². The van der Waals surface area contributed by atoms with E-state index < -0.39 is 0 Å². The van der Waals surface area contributed by atoms with E-state index in [4.69, 9.17) is 15.2 Å². The maximum absolute atomic E-state index is 12.6. The second-order valence-electron chi connectivity index (χ2n) is 6.56. The van der Waals surface area contributed by atoms with Gasteiger partial charge in [-0.15, -0.1) is 0 Å². The number of hydrogen-bond acceptors (Lipinski definition) is 6. The number of ether oxygens (including phenoxy) is 2. The fraction of sp³-hybridized carbons (Fsp3) is 0.421. The van der Waals surface area contributed by atoms with Crippen LogP contribution < -0.4 is 10.5 Å². The van der Waals surface area contributed by atoms with Crippen LogP contribution in [-0.4, -0.2) is 54.2 Å². The van der Waals surface area contributed by atoms with E-state index in [1.165, 1.54) is 4.90 Å². The minimum atomic E-state index is -0.156. The molecule has 1 aliphatic heterocycles. The molecule has 3 rings (SSSR count). The van der Waals surface area contributed by atoms with Gasteiger partial charge < -0.3 is 20.1 Å². The average molecular weight is 356 g/mol. The number of carbonyl (C=O) groups excluding carboxylic acids is 1. The van der Waals surface area contributed by atoms with E-state index in [0.29, 0.717) is 23.6 Å². The summed E-state index contributed by atoms with van der Waals surface area (Å²) in [7, 11) is 3.40. The van der Waals surface area contributed by atoms with Gasteiger partial charge in [-0.05, 0) is 44.0 Å². The highest BCUT2D eigenvalue weighted by molar-refractivity contribution is 6.00. The van der Waals surface area contributed by atoms with Crippen LogP contribution in [-0.2, 0) is 4.74 Å². The Morgan fingerprint density at radius 1 is 1.31 bits per heavy atom. The molecule has 1 amide bonds. The molecule has 0 aliphatic carbocycles. The lowest BCUT2D eigenvalue weighted by molar-refractivity contribution is 0.0679. The van der Waals surface area contributed by atoms with Gasteiger partial charge in [-0.2, -0.15) is 0 Å². The van der Waals surface area contributed by atoms with E-state index in [0.717, 1.165) is 30.8 Å². The van der Waals surface area contributed by atoms with Gasteiger partial charge in [0.25, 0.3) is 5.91 Å². The number of nitrogens with zero attached hydrogens (tertiary/aromatic N) is 3. The van der Waals surface area contributed by atoms with E-state index in [1.54, 1.807) is 21.0 Å². The summed E-state index contributed by atoms with van der Waals surface area (Å²) in [6, 6.07) is 7.47. The Morgan fingerprint density at radius 3 is 2.65 bits per heavy atom. The van der Waals surface area contributed by atoms with Crippen molar-refractivity contribution < 1.29 is 14.3 Å². The lowest BCUT2D eigenvalue weighted by Crippen LogP contribution is -2.24. The topological polar surface area (TPSA) is 90.6 Å². The van der Waals surface area contributed by atoms with Gasteiger partial charge in [0.1, 0.15) is 12.4 Å². The van der Waals surface area contributed by atoms with E-state index in [2.05, 4.69) is 9.97 Å². The smallest absolute Gasteiger partial charge is 0.257 e. The van der Waals surface area contributed by atoms with Crippen LogP contribution in [0.15, 0.2) is 24.3 Å². The minimum Gasteiger partial charge on any atom is -0.491 e. The Kier molecular flexibility index (Phi) is 5.37. The number of nitrogen functional groups attached to an aromatic ring is 1. The molecule has 7 nitrogen and oxygen atoms in total. The molecule has 1 aromatic heterocycles. The third-order valence-electron chi connectivity index (χ3n) is 4.31. The van der Waals surface area contributed by atoms with Crippen molar-refractivity contribution in [2.24, 2.45) is 0 Å². The second kappa shape index (κ2) is 7.70. The lowest BCUT2D eigenvalue weighted by atomic mass is 10.0. The van der Waals surface area contributed by atoms with E-state index >= 15 is 0 Å². The molecular formula is C19H24N4O3. The highest BCUT2D eigenvalue weighted by Crippen LogP contribution is 2.27. The number of benzene rings is 1. The number of nitrogens with two attached hydrogens (primary N) is 1. The predicted octanol–water partition coefficient (Wildman–Crippen LogP) is 2.29. The van der Waals surface area contributed by atoms with Crippen LogP contribution in [0.4, 0.5) is 5.95 Å². The number of anilines is 1. The van der Waals surface area contributed by atoms with Gasteiger partial charge in [0.15, 0.2) is 0 Å². The fourth-order valence-corrected chi connectivity index (χ4v) is 2.96. The Labute approximate surface area is 153 Å². The van der Waals surface area contributed by atoms with Crippen LogP contribution in [0, 0.1) is 6.92 Å². The average Bonchev–Trinajstić information content (AvgIpc) is 3.13. The fourth-order valence-electron chi connectivity index (χ4n) is 2.96. The molecule has 0 radical (unpaired) electrons. The molecular weight excluding hydrogens is 332 g/mol. The summed E-state index contributed by atoms with van der Waals surface area (Å²) in [5.74, 6) is 0.742. The third-order valence-corrected chi connectivity index (χ3v) is 4.31. The number of amides is 1. The zero-order valence-electron chi connectivity index (χ0n) is 15.4. The minimum absolute atomic E-state index is 0.145. The van der Waals surface area contributed by atoms with Gasteiger partial charge in [0.05, 0.1) is 23.1 Å². The first-order valence-corrected chi connectivity index (χ1v) is 8.66. The molecule has 2 aromatic rings. The molecule has 1 saturated heterocycles. The largest absolute Gasteiger partial charge is 0.491 e. The monoisotopic (exact) mass is 356 g/mol. The van der Waals surface area contributed by atoms with Crippen LogP contribution in [0.1, 0.15) is 28.9 Å². The maximum atomic E-state index is 12.6. The van der Waals surface area contributed by atoms with Crippen LogP contribution in [0.25, 0.3) is 11.3 Å². The normalized spacial score (nSPS) is 16.5. The van der Waals surface area contributed by atoms with E-state index in [1.807, 2.05) is 24.3 Å². The first-order valence-electron chi connectivity index (χ1n) is 8.66. The summed E-state index contributed by atoms with van der Waals surface area (Å²) in [4.78, 5) is 22.5. The molecule has 138 valence electrons. The van der Waals surface area contributed by atoms with Crippen molar-refractivity contribution in [2.45, 2.75) is 25.9 Å². The molecule has 7 heteroatoms. The summed E-state index contributed by atoms with van der Waals surface area (Å²) in [5, 5.41) is 0. The Morgan fingerprint density at radius 2 is 2.04 bits per heavy atom. The number of rotatable bonds is 5. The highest BCUT2D eigenvalue weighted by atomic mass is 16.5. The molecule has 0 bridgehead atoms. The quantitative estimate of drug-likeness (QED) is 0.884. The van der Waals surface area contributed by atoms with Crippen molar-refractivity contribution in [2.75, 3.05) is 33.0 Å². The van der Waals surface area contributed by atoms with Crippen molar-refractivity contribution in [3.63, 3.8) is 0 Å². The van der Waals surface area contributed by atoms with Gasteiger partial charge in [0, 0.05) is 26.3 Å². The summed E-state index contributed by atoms with van der Waals surface area (Å²) >= 11 is 0. The molecule has 2 N–H and O–H groups in total. The molecule has 1 atom stereocenters. The molecule has 1 unspecified atom stereocenters. The Hall–Kier alpha value is -2.67. The van der Waals surface area contributed by atoms with Gasteiger partial charge in [-0.3, -0.25) is 4.79 Å². The zero-order valence-corrected chi connectivity index (χ0v) is 15.4. The van der Waals surface area contributed by atoms with Crippen LogP contribution >= 0.6 is 0 Å². The zero-order chi connectivity index (χ0) is 18.7. The van der Waals surface area contributed by atoms with Crippen molar-refractivity contribution in [1.82, 2.24) is 14.9 Å². The summed E-state index contributed by atoms with van der Waals surface area (Å²) in [6.07, 6.45) is 2.29. The van der Waals surface area contributed by atoms with Crippen molar-refractivity contribution in [3.8, 4) is 17.0 Å². The van der Waals surface area contributed by atoms with Crippen molar-refractivity contribution in [3.05, 3.63) is 35.5 Å². The van der Waals surface area contributed by atoms with E-state index in [9.17, 15) is 4.79 Å². The SMILES string of the molecule is Cc1nc(N)nc(-c2ccc(OCC3CCCO3)cc2)c1C(=O)N(C)C. The summed E-state index contributed by atoms with van der Waals surface area (Å²) < 4.78 is 11.3. The van der Waals surface area contributed by atoms with E-state index in [-0.39, 0.29) is 18.0 Å². The first kappa shape index (κ1) is 18.1. The van der Waals surface area contributed by atoms with Crippen LogP contribution in [0.3, 0.4) is 0 Å². The third kappa shape index (κ3) is 3.94. The predicted molar refractivity (Wildman–Crippen MR) is 99.1 cm³/mol. The standard InChI is InChI=1S/C19H24N4O3/c1-12-16(18(24)23(2)3)17(22-19(20)21-12)13-6-8-14(9-7-13)26-11-15-5-4-10-25-15/h6-9,15H,4-5,10-11H2,1-3H3,(H2,20,21,22). The first-order chi connectivity index (χ1) is 12.5. The van der Waals surface area contributed by atoms with Crippen LogP contribution in [0.5, 0.6) is 5.75 Å². The van der Waals surface area contributed by atoms with Gasteiger partial charge >= 0.3 is 0 Å². The molecule has 2 heterocycles. The number of carbonyl (C=O) groups is 1. The summed E-state index contributed by atoms with van der Waals surface area (Å²) in [6.45, 7) is 3.12. The summed E-state index contributed by atoms with van der Waals surface area (Å²) in [5.41, 5.74) is 8.14. The molecule has 0 spiro atoms. The van der Waals surface area contributed by atoms with Gasteiger partial charge in [-0.1, -0.05) is 0 Å². The number of aryl methyl sites for hydroxylation is 1. The molecule has 1 fully saturated rings. The number of aromatic nitrogens is 2. The molecule has 0 saturated carbocycles. The number of hydrogen-bond donors (Lipinski definition) is 1. The second-order valence-corrected chi connectivity index (χ2v) is 6.56. The van der Waals surface area contributed by atoms with Crippen LogP contribution in [0.2, 0.25) is 0 Å². The Balaban J connectivity index is 1.85. The van der Waals surface area contributed by atoms with Gasteiger partial charge in [0.2, 0.25) is 5.95 Å². The molecule has 26 heavy (non-hydrogen) atoms. The lowest BCUT2D eigenvalue weighted by Gasteiger charge is -2.16. The Bertz CT molecular complexity index is 784. The highest BCUT2D eigenvalue weighted by Gasteiger charge is 2.21. The van der Waals surface area contributed by atoms with Crippen molar-refractivity contribution in [1.29, 1.82) is 0 Å². The van der Waals surface area contributed by atoms with Gasteiger partial charge in [-0.25, -0.2) is 9.97 Å². The molecule has 1 aromatic carbocycles. The molecule has 1 aliphatic rings.